The van der Waals surface area contributed by atoms with Gasteiger partial charge in [0.1, 0.15) is 6.54 Å². The summed E-state index contributed by atoms with van der Waals surface area (Å²) in [6, 6.07) is 9.59. The lowest BCUT2D eigenvalue weighted by atomic mass is 10.1. The van der Waals surface area contributed by atoms with Crippen LogP contribution in [0.2, 0.25) is 5.02 Å². The van der Waals surface area contributed by atoms with Gasteiger partial charge in [0.15, 0.2) is 0 Å². The van der Waals surface area contributed by atoms with Crippen molar-refractivity contribution in [3.05, 3.63) is 57.6 Å². The molecule has 0 aliphatic rings. The molecule has 0 unspecified atom stereocenters. The third-order valence-electron chi connectivity index (χ3n) is 4.03. The second kappa shape index (κ2) is 7.70. The fourth-order valence-electron chi connectivity index (χ4n) is 2.77. The minimum Gasteiger partial charge on any atom is -0.323 e. The highest BCUT2D eigenvalue weighted by atomic mass is 35.5. The Hall–Kier alpha value is -2.33. The van der Waals surface area contributed by atoms with Gasteiger partial charge in [0, 0.05) is 12.6 Å². The zero-order valence-corrected chi connectivity index (χ0v) is 16.0. The summed E-state index contributed by atoms with van der Waals surface area (Å²) in [5, 5.41) is 3.32. The Morgan fingerprint density at radius 2 is 1.68 bits per heavy atom. The lowest BCUT2D eigenvalue weighted by molar-refractivity contribution is -0.120. The molecule has 0 aliphatic heterocycles. The molecule has 0 heterocycles. The maximum Gasteiger partial charge on any atom is 0.244 e. The summed E-state index contributed by atoms with van der Waals surface area (Å²) in [6.45, 7) is 9.10. The molecule has 4 nitrogen and oxygen atoms in total. The lowest BCUT2D eigenvalue weighted by Gasteiger charge is -2.23. The molecule has 0 fully saturated rings. The van der Waals surface area contributed by atoms with Crippen LogP contribution in [0, 0.1) is 27.7 Å². The molecule has 1 N–H and O–H groups in total. The Balaban J connectivity index is 2.25. The Kier molecular flexibility index (Phi) is 5.85. The van der Waals surface area contributed by atoms with E-state index < -0.39 is 0 Å². The number of carbonyl (C=O) groups is 2. The molecule has 0 spiro atoms. The zero-order chi connectivity index (χ0) is 18.7. The van der Waals surface area contributed by atoms with Gasteiger partial charge in [-0.3, -0.25) is 9.59 Å². The molecule has 0 aromatic heterocycles. The smallest absolute Gasteiger partial charge is 0.244 e. The standard InChI is InChI=1S/C20H23ClN2O2/c1-12-6-7-14(3)18(10-12)23(16(5)24)11-19(25)22-20-15(4)8-13(2)9-17(20)21/h6-10H,11H2,1-5H3,(H,22,25). The van der Waals surface area contributed by atoms with Gasteiger partial charge in [-0.1, -0.05) is 29.8 Å². The number of hydrogen-bond acceptors (Lipinski definition) is 2. The van der Waals surface area contributed by atoms with Crippen LogP contribution >= 0.6 is 11.6 Å². The number of amides is 2. The lowest BCUT2D eigenvalue weighted by Crippen LogP contribution is -2.37. The van der Waals surface area contributed by atoms with Crippen molar-refractivity contribution < 1.29 is 9.59 Å². The molecule has 5 heteroatoms. The molecule has 0 bridgehead atoms. The van der Waals surface area contributed by atoms with Crippen molar-refractivity contribution in [2.24, 2.45) is 0 Å². The summed E-state index contributed by atoms with van der Waals surface area (Å²) < 4.78 is 0. The zero-order valence-electron chi connectivity index (χ0n) is 15.2. The number of nitrogens with zero attached hydrogens (tertiary/aromatic N) is 1. The summed E-state index contributed by atoms with van der Waals surface area (Å²) in [5.41, 5.74) is 5.22. The van der Waals surface area contributed by atoms with E-state index >= 15 is 0 Å². The van der Waals surface area contributed by atoms with Crippen molar-refractivity contribution in [1.82, 2.24) is 0 Å². The fourth-order valence-corrected chi connectivity index (χ4v) is 3.14. The second-order valence-electron chi connectivity index (χ2n) is 6.38. The first-order valence-corrected chi connectivity index (χ1v) is 8.48. The van der Waals surface area contributed by atoms with Gasteiger partial charge in [-0.25, -0.2) is 0 Å². The molecule has 25 heavy (non-hydrogen) atoms. The van der Waals surface area contributed by atoms with E-state index in [1.165, 1.54) is 11.8 Å². The predicted molar refractivity (Wildman–Crippen MR) is 103 cm³/mol. The van der Waals surface area contributed by atoms with Gasteiger partial charge >= 0.3 is 0 Å². The molecule has 0 atom stereocenters. The highest BCUT2D eigenvalue weighted by molar-refractivity contribution is 6.34. The molecule has 132 valence electrons. The minimum absolute atomic E-state index is 0.0662. The van der Waals surface area contributed by atoms with E-state index in [1.54, 1.807) is 6.07 Å². The molecular formula is C20H23ClN2O2. The number of hydrogen-bond donors (Lipinski definition) is 1. The van der Waals surface area contributed by atoms with Gasteiger partial charge in [-0.05, 0) is 62.1 Å². The first-order chi connectivity index (χ1) is 11.7. The molecule has 0 aliphatic carbocycles. The number of halogens is 1. The van der Waals surface area contributed by atoms with E-state index in [1.807, 2.05) is 52.0 Å². The van der Waals surface area contributed by atoms with Crippen LogP contribution in [0.3, 0.4) is 0 Å². The van der Waals surface area contributed by atoms with E-state index in [4.69, 9.17) is 11.6 Å². The van der Waals surface area contributed by atoms with Crippen molar-refractivity contribution in [2.75, 3.05) is 16.8 Å². The molecule has 2 aromatic rings. The van der Waals surface area contributed by atoms with Gasteiger partial charge in [0.2, 0.25) is 11.8 Å². The highest BCUT2D eigenvalue weighted by Crippen LogP contribution is 2.28. The number of nitrogens with one attached hydrogen (secondary N) is 1. The van der Waals surface area contributed by atoms with Crippen LogP contribution in [0.25, 0.3) is 0 Å². The van der Waals surface area contributed by atoms with E-state index in [0.29, 0.717) is 10.7 Å². The van der Waals surface area contributed by atoms with Gasteiger partial charge < -0.3 is 10.2 Å². The van der Waals surface area contributed by atoms with Crippen LogP contribution < -0.4 is 10.2 Å². The van der Waals surface area contributed by atoms with Gasteiger partial charge in [0.25, 0.3) is 0 Å². The Labute approximate surface area is 153 Å². The molecular weight excluding hydrogens is 336 g/mol. The van der Waals surface area contributed by atoms with Crippen LogP contribution in [-0.4, -0.2) is 18.4 Å². The molecule has 0 saturated carbocycles. The molecule has 0 radical (unpaired) electrons. The number of rotatable bonds is 4. The molecule has 2 rings (SSSR count). The topological polar surface area (TPSA) is 49.4 Å². The second-order valence-corrected chi connectivity index (χ2v) is 6.79. The van der Waals surface area contributed by atoms with Crippen LogP contribution in [0.4, 0.5) is 11.4 Å². The van der Waals surface area contributed by atoms with E-state index in [-0.39, 0.29) is 18.4 Å². The quantitative estimate of drug-likeness (QED) is 0.870. The average Bonchev–Trinajstić information content (AvgIpc) is 2.51. The van der Waals surface area contributed by atoms with E-state index in [9.17, 15) is 9.59 Å². The number of aryl methyl sites for hydroxylation is 4. The highest BCUT2D eigenvalue weighted by Gasteiger charge is 2.19. The summed E-state index contributed by atoms with van der Waals surface area (Å²) in [5.74, 6) is -0.472. The summed E-state index contributed by atoms with van der Waals surface area (Å²) in [7, 11) is 0. The normalized spacial score (nSPS) is 10.5. The fraction of sp³-hybridized carbons (Fsp3) is 0.300. The van der Waals surface area contributed by atoms with Gasteiger partial charge in [-0.2, -0.15) is 0 Å². The average molecular weight is 359 g/mol. The van der Waals surface area contributed by atoms with Crippen molar-refractivity contribution in [2.45, 2.75) is 34.6 Å². The molecule has 2 amide bonds. The largest absolute Gasteiger partial charge is 0.323 e. The van der Waals surface area contributed by atoms with Crippen LogP contribution in [0.5, 0.6) is 0 Å². The third-order valence-corrected chi connectivity index (χ3v) is 4.33. The van der Waals surface area contributed by atoms with Crippen LogP contribution in [0.15, 0.2) is 30.3 Å². The van der Waals surface area contributed by atoms with Crippen molar-refractivity contribution >= 4 is 34.8 Å². The summed E-state index contributed by atoms with van der Waals surface area (Å²) in [4.78, 5) is 26.1. The first-order valence-electron chi connectivity index (χ1n) is 8.11. The van der Waals surface area contributed by atoms with Crippen molar-refractivity contribution in [3.63, 3.8) is 0 Å². The first kappa shape index (κ1) is 19.0. The van der Waals surface area contributed by atoms with Crippen molar-refractivity contribution in [3.8, 4) is 0 Å². The van der Waals surface area contributed by atoms with Crippen molar-refractivity contribution in [1.29, 1.82) is 0 Å². The maximum absolute atomic E-state index is 12.5. The molecule has 0 saturated heterocycles. The number of carbonyl (C=O) groups excluding carboxylic acids is 2. The van der Waals surface area contributed by atoms with E-state index in [2.05, 4.69) is 5.32 Å². The minimum atomic E-state index is -0.287. The van der Waals surface area contributed by atoms with Crippen LogP contribution in [-0.2, 0) is 9.59 Å². The predicted octanol–water partition coefficient (Wildman–Crippen LogP) is 4.57. The van der Waals surface area contributed by atoms with Gasteiger partial charge in [0.05, 0.1) is 10.7 Å². The maximum atomic E-state index is 12.5. The van der Waals surface area contributed by atoms with E-state index in [0.717, 1.165) is 27.9 Å². The Morgan fingerprint density at radius 1 is 1.00 bits per heavy atom. The Morgan fingerprint density at radius 3 is 2.28 bits per heavy atom. The van der Waals surface area contributed by atoms with Gasteiger partial charge in [-0.15, -0.1) is 0 Å². The summed E-state index contributed by atoms with van der Waals surface area (Å²) in [6.07, 6.45) is 0. The third kappa shape index (κ3) is 4.60. The summed E-state index contributed by atoms with van der Waals surface area (Å²) >= 11 is 6.25. The Bertz CT molecular complexity index is 807. The SMILES string of the molecule is CC(=O)N(CC(=O)Nc1c(C)cc(C)cc1Cl)c1cc(C)ccc1C. The number of anilines is 2. The number of benzene rings is 2. The monoisotopic (exact) mass is 358 g/mol. The van der Waals surface area contributed by atoms with Crippen LogP contribution in [0.1, 0.15) is 29.2 Å². The molecule has 2 aromatic carbocycles.